The summed E-state index contributed by atoms with van der Waals surface area (Å²) in [6.45, 7) is 3.59. The van der Waals surface area contributed by atoms with E-state index in [4.69, 9.17) is 15.1 Å². The van der Waals surface area contributed by atoms with E-state index in [0.717, 1.165) is 4.90 Å². The number of anilines is 2. The van der Waals surface area contributed by atoms with Crippen molar-refractivity contribution in [1.82, 2.24) is 9.97 Å². The largest absolute Gasteiger partial charge is 0.489 e. The lowest BCUT2D eigenvalue weighted by atomic mass is 10.2. The molecule has 2 heterocycles. The van der Waals surface area contributed by atoms with Gasteiger partial charge in [0.1, 0.15) is 34.7 Å². The van der Waals surface area contributed by atoms with E-state index in [1.165, 1.54) is 31.4 Å². The minimum absolute atomic E-state index is 0.0666. The highest BCUT2D eigenvalue weighted by molar-refractivity contribution is 6.01. The average molecular weight is 383 g/mol. The molecule has 28 heavy (non-hydrogen) atoms. The van der Waals surface area contributed by atoms with Gasteiger partial charge in [0.2, 0.25) is 0 Å². The fourth-order valence-corrected chi connectivity index (χ4v) is 2.16. The summed E-state index contributed by atoms with van der Waals surface area (Å²) in [6, 6.07) is 5.22. The van der Waals surface area contributed by atoms with E-state index in [0.29, 0.717) is 6.29 Å². The molecule has 0 spiro atoms. The van der Waals surface area contributed by atoms with Crippen LogP contribution in [0.25, 0.3) is 0 Å². The number of carbonyl (C=O) groups is 3. The quantitative estimate of drug-likeness (QED) is 0.723. The molecule has 0 radical (unpaired) electrons. The average Bonchev–Trinajstić information content (AvgIpc) is 2.66. The highest BCUT2D eigenvalue weighted by Crippen LogP contribution is 2.22. The topological polar surface area (TPSA) is 146 Å². The molecule has 0 aliphatic rings. The van der Waals surface area contributed by atoms with Gasteiger partial charge in [0.25, 0.3) is 0 Å². The zero-order valence-electron chi connectivity index (χ0n) is 15.3. The number of aromatic carboxylic acids is 1. The van der Waals surface area contributed by atoms with Crippen molar-refractivity contribution in [1.29, 1.82) is 5.26 Å². The summed E-state index contributed by atoms with van der Waals surface area (Å²) in [4.78, 5) is 43.5. The second-order valence-corrected chi connectivity index (χ2v) is 5.86. The molecule has 2 amide bonds. The van der Waals surface area contributed by atoms with Crippen molar-refractivity contribution in [3.05, 3.63) is 41.2 Å². The molecular formula is C18H17N5O5. The van der Waals surface area contributed by atoms with E-state index >= 15 is 0 Å². The lowest BCUT2D eigenvalue weighted by Gasteiger charge is -2.18. The molecule has 0 aliphatic carbocycles. The molecule has 0 fully saturated rings. The molecule has 10 nitrogen and oxygen atoms in total. The number of carboxylic acids is 1. The van der Waals surface area contributed by atoms with Gasteiger partial charge in [0, 0.05) is 13.1 Å². The van der Waals surface area contributed by atoms with Crippen LogP contribution in [0.3, 0.4) is 0 Å². The number of carbonyl (C=O) groups excluding carboxylic acids is 2. The minimum atomic E-state index is -1.30. The molecule has 144 valence electrons. The number of hydrogen-bond donors (Lipinski definition) is 2. The second-order valence-electron chi connectivity index (χ2n) is 5.86. The van der Waals surface area contributed by atoms with Gasteiger partial charge in [-0.25, -0.2) is 19.6 Å². The van der Waals surface area contributed by atoms with E-state index in [1.54, 1.807) is 13.8 Å². The van der Waals surface area contributed by atoms with Crippen molar-refractivity contribution in [2.45, 2.75) is 20.0 Å². The van der Waals surface area contributed by atoms with Gasteiger partial charge >= 0.3 is 12.0 Å². The molecule has 2 aromatic heterocycles. The predicted octanol–water partition coefficient (Wildman–Crippen LogP) is 2.31. The van der Waals surface area contributed by atoms with E-state index < -0.39 is 12.0 Å². The molecule has 0 saturated carbocycles. The monoisotopic (exact) mass is 383 g/mol. The van der Waals surface area contributed by atoms with Gasteiger partial charge in [0.15, 0.2) is 6.29 Å². The number of nitriles is 1. The Hall–Kier alpha value is -4.00. The van der Waals surface area contributed by atoms with E-state index in [2.05, 4.69) is 15.3 Å². The summed E-state index contributed by atoms with van der Waals surface area (Å²) in [5, 5.41) is 20.7. The van der Waals surface area contributed by atoms with E-state index in [1.807, 2.05) is 6.07 Å². The fourth-order valence-electron chi connectivity index (χ4n) is 2.16. The highest BCUT2D eigenvalue weighted by Gasteiger charge is 2.18. The Morgan fingerprint density at radius 3 is 2.68 bits per heavy atom. The molecule has 0 aliphatic heterocycles. The van der Waals surface area contributed by atoms with Crippen molar-refractivity contribution in [3.63, 3.8) is 0 Å². The first-order chi connectivity index (χ1) is 13.3. The van der Waals surface area contributed by atoms with Crippen LogP contribution < -0.4 is 15.0 Å². The van der Waals surface area contributed by atoms with Crippen LogP contribution >= 0.6 is 0 Å². The lowest BCUT2D eigenvalue weighted by Crippen LogP contribution is -2.32. The van der Waals surface area contributed by atoms with Crippen LogP contribution in [-0.4, -0.2) is 46.5 Å². The molecule has 2 rings (SSSR count). The molecule has 0 atom stereocenters. The summed E-state index contributed by atoms with van der Waals surface area (Å²) in [5.41, 5.74) is -0.341. The number of aldehydes is 1. The standard InChI is InChI=1S/C18H17N5O5/c1-10(2)28-14-6-15(20-8-11(14)7-19)22-18(27)23(3)16-5-4-12(17(25)26)13(9-24)21-16/h4-6,8-10H,1-3H3,(H,25,26)(H,20,22,27). The molecule has 0 saturated heterocycles. The first kappa shape index (κ1) is 20.3. The lowest BCUT2D eigenvalue weighted by molar-refractivity contribution is 0.0693. The van der Waals surface area contributed by atoms with Crippen LogP contribution in [0.2, 0.25) is 0 Å². The third-order valence-electron chi connectivity index (χ3n) is 3.48. The van der Waals surface area contributed by atoms with Gasteiger partial charge in [0.05, 0.1) is 17.9 Å². The summed E-state index contributed by atoms with van der Waals surface area (Å²) in [6.07, 6.45) is 1.40. The van der Waals surface area contributed by atoms with E-state index in [9.17, 15) is 14.4 Å². The van der Waals surface area contributed by atoms with Crippen LogP contribution in [0.1, 0.15) is 40.3 Å². The third kappa shape index (κ3) is 4.59. The molecular weight excluding hydrogens is 366 g/mol. The van der Waals surface area contributed by atoms with Gasteiger partial charge < -0.3 is 9.84 Å². The van der Waals surface area contributed by atoms with Crippen molar-refractivity contribution >= 4 is 29.9 Å². The number of rotatable bonds is 6. The van der Waals surface area contributed by atoms with Crippen LogP contribution in [0.5, 0.6) is 5.75 Å². The SMILES string of the molecule is CC(C)Oc1cc(NC(=O)N(C)c2ccc(C(=O)O)c(C=O)n2)ncc1C#N. The van der Waals surface area contributed by atoms with Crippen molar-refractivity contribution in [2.24, 2.45) is 0 Å². The maximum absolute atomic E-state index is 12.4. The number of nitrogens with one attached hydrogen (secondary N) is 1. The van der Waals surface area contributed by atoms with Crippen molar-refractivity contribution in [3.8, 4) is 11.8 Å². The Labute approximate surface area is 160 Å². The molecule has 2 aromatic rings. The smallest absolute Gasteiger partial charge is 0.338 e. The summed E-state index contributed by atoms with van der Waals surface area (Å²) in [7, 11) is 1.39. The van der Waals surface area contributed by atoms with Gasteiger partial charge in [-0.15, -0.1) is 0 Å². The fraction of sp³-hybridized carbons (Fsp3) is 0.222. The Bertz CT molecular complexity index is 967. The molecule has 2 N–H and O–H groups in total. The highest BCUT2D eigenvalue weighted by atomic mass is 16.5. The predicted molar refractivity (Wildman–Crippen MR) is 98.7 cm³/mol. The molecule has 0 bridgehead atoms. The summed E-state index contributed by atoms with van der Waals surface area (Å²) >= 11 is 0. The number of pyridine rings is 2. The Kier molecular flexibility index (Phi) is 6.23. The number of urea groups is 1. The number of aromatic nitrogens is 2. The normalized spacial score (nSPS) is 10.1. The van der Waals surface area contributed by atoms with Crippen molar-refractivity contribution in [2.75, 3.05) is 17.3 Å². The number of amides is 2. The first-order valence-electron chi connectivity index (χ1n) is 8.07. The van der Waals surface area contributed by atoms with Crippen LogP contribution in [-0.2, 0) is 0 Å². The van der Waals surface area contributed by atoms with Crippen LogP contribution in [0, 0.1) is 11.3 Å². The summed E-state index contributed by atoms with van der Waals surface area (Å²) in [5.74, 6) is -0.813. The van der Waals surface area contributed by atoms with Crippen molar-refractivity contribution < 1.29 is 24.2 Å². The third-order valence-corrected chi connectivity index (χ3v) is 3.48. The number of hydrogen-bond acceptors (Lipinski definition) is 7. The first-order valence-corrected chi connectivity index (χ1v) is 8.07. The molecule has 0 aromatic carbocycles. The van der Waals surface area contributed by atoms with Gasteiger partial charge in [-0.05, 0) is 26.0 Å². The van der Waals surface area contributed by atoms with E-state index in [-0.39, 0.29) is 40.3 Å². The Balaban J connectivity index is 2.24. The number of ether oxygens (including phenoxy) is 1. The van der Waals surface area contributed by atoms with Gasteiger partial charge in [-0.1, -0.05) is 0 Å². The number of nitrogens with zero attached hydrogens (tertiary/aromatic N) is 4. The second kappa shape index (κ2) is 8.59. The maximum Gasteiger partial charge on any atom is 0.338 e. The van der Waals surface area contributed by atoms with Crippen LogP contribution in [0.4, 0.5) is 16.4 Å². The van der Waals surface area contributed by atoms with Gasteiger partial charge in [-0.2, -0.15) is 5.26 Å². The maximum atomic E-state index is 12.4. The summed E-state index contributed by atoms with van der Waals surface area (Å²) < 4.78 is 5.54. The zero-order chi connectivity index (χ0) is 20.8. The van der Waals surface area contributed by atoms with Crippen LogP contribution in [0.15, 0.2) is 24.4 Å². The van der Waals surface area contributed by atoms with Gasteiger partial charge in [-0.3, -0.25) is 15.0 Å². The Morgan fingerprint density at radius 2 is 2.11 bits per heavy atom. The molecule has 10 heteroatoms. The Morgan fingerprint density at radius 1 is 1.39 bits per heavy atom. The number of carboxylic acid groups (broad SMARTS) is 1. The molecule has 0 unspecified atom stereocenters. The zero-order valence-corrected chi connectivity index (χ0v) is 15.3. The minimum Gasteiger partial charge on any atom is -0.489 e.